The molecule has 6 heteroatoms. The van der Waals surface area contributed by atoms with E-state index >= 15 is 0 Å². The zero-order valence-corrected chi connectivity index (χ0v) is 19.4. The van der Waals surface area contributed by atoms with Crippen molar-refractivity contribution >= 4 is 12.2 Å². The average Bonchev–Trinajstić information content (AvgIpc) is 3.12. The molecule has 0 aliphatic carbocycles. The molecule has 1 aliphatic heterocycles. The molecule has 6 nitrogen and oxygen atoms in total. The first-order chi connectivity index (χ1) is 15.2. The maximum absolute atomic E-state index is 12.9. The smallest absolute Gasteiger partial charge is 0.410 e. The van der Waals surface area contributed by atoms with E-state index in [1.807, 2.05) is 81.4 Å². The van der Waals surface area contributed by atoms with Crippen LogP contribution >= 0.6 is 0 Å². The standard InChI is InChI=1S/C26H34N2O4/c1-19-15-16-28(25(30)31-18-20-11-7-5-8-12-20)23(19)17-22(21-13-9-6-10-14-21)27-24(29)32-26(2,3)4/h5-14,19,22-23H,15-18H2,1-4H3,(H,27,29)/t19-,22?,23+/m0/s1. The highest BCUT2D eigenvalue weighted by atomic mass is 16.6. The van der Waals surface area contributed by atoms with Crippen molar-refractivity contribution in [2.24, 2.45) is 5.92 Å². The second-order valence-electron chi connectivity index (χ2n) is 9.41. The molecule has 1 N–H and O–H groups in total. The summed E-state index contributed by atoms with van der Waals surface area (Å²) in [5.74, 6) is 0.297. The van der Waals surface area contributed by atoms with Gasteiger partial charge in [-0.05, 0) is 50.7 Å². The lowest BCUT2D eigenvalue weighted by molar-refractivity contribution is 0.0487. The van der Waals surface area contributed by atoms with Gasteiger partial charge in [0.15, 0.2) is 0 Å². The molecule has 0 saturated carbocycles. The summed E-state index contributed by atoms with van der Waals surface area (Å²) in [7, 11) is 0. The minimum absolute atomic E-state index is 0.0431. The predicted octanol–water partition coefficient (Wildman–Crippen LogP) is 5.69. The molecular formula is C26H34N2O4. The molecule has 0 aromatic heterocycles. The summed E-state index contributed by atoms with van der Waals surface area (Å²) in [5, 5.41) is 3.01. The van der Waals surface area contributed by atoms with Crippen molar-refractivity contribution < 1.29 is 19.1 Å². The van der Waals surface area contributed by atoms with E-state index < -0.39 is 11.7 Å². The van der Waals surface area contributed by atoms with Crippen molar-refractivity contribution in [2.75, 3.05) is 6.54 Å². The molecule has 3 rings (SSSR count). The molecule has 0 radical (unpaired) electrons. The Morgan fingerprint density at radius 3 is 2.31 bits per heavy atom. The first-order valence-corrected chi connectivity index (χ1v) is 11.2. The van der Waals surface area contributed by atoms with E-state index in [1.54, 1.807) is 4.90 Å². The Bertz CT molecular complexity index is 880. The molecule has 32 heavy (non-hydrogen) atoms. The zero-order valence-electron chi connectivity index (χ0n) is 19.4. The van der Waals surface area contributed by atoms with Crippen molar-refractivity contribution in [2.45, 2.75) is 64.8 Å². The van der Waals surface area contributed by atoms with Crippen molar-refractivity contribution in [3.63, 3.8) is 0 Å². The Kier molecular flexibility index (Phi) is 7.78. The fraction of sp³-hybridized carbons (Fsp3) is 0.462. The fourth-order valence-corrected chi connectivity index (χ4v) is 4.05. The predicted molar refractivity (Wildman–Crippen MR) is 124 cm³/mol. The third kappa shape index (κ3) is 6.74. The number of hydrogen-bond donors (Lipinski definition) is 1. The van der Waals surface area contributed by atoms with E-state index in [0.717, 1.165) is 17.5 Å². The highest BCUT2D eigenvalue weighted by Gasteiger charge is 2.37. The number of nitrogens with zero attached hydrogens (tertiary/aromatic N) is 1. The van der Waals surface area contributed by atoms with Gasteiger partial charge in [0.2, 0.25) is 0 Å². The molecule has 0 bridgehead atoms. The van der Waals surface area contributed by atoms with E-state index in [1.165, 1.54) is 0 Å². The maximum atomic E-state index is 12.9. The van der Waals surface area contributed by atoms with Crippen molar-refractivity contribution in [1.29, 1.82) is 0 Å². The lowest BCUT2D eigenvalue weighted by atomic mass is 9.92. The van der Waals surface area contributed by atoms with Crippen LogP contribution in [0.2, 0.25) is 0 Å². The van der Waals surface area contributed by atoms with E-state index in [-0.39, 0.29) is 24.8 Å². The molecular weight excluding hydrogens is 404 g/mol. The van der Waals surface area contributed by atoms with Gasteiger partial charge < -0.3 is 19.7 Å². The van der Waals surface area contributed by atoms with Crippen LogP contribution in [0.3, 0.4) is 0 Å². The molecule has 2 aromatic carbocycles. The third-order valence-corrected chi connectivity index (χ3v) is 5.69. The number of nitrogens with one attached hydrogen (secondary N) is 1. The molecule has 0 spiro atoms. The molecule has 1 saturated heterocycles. The van der Waals surface area contributed by atoms with Crippen LogP contribution < -0.4 is 5.32 Å². The highest BCUT2D eigenvalue weighted by molar-refractivity contribution is 5.69. The lowest BCUT2D eigenvalue weighted by Gasteiger charge is -2.31. The van der Waals surface area contributed by atoms with Crippen LogP contribution in [0.25, 0.3) is 0 Å². The number of amides is 2. The number of rotatable bonds is 6. The van der Waals surface area contributed by atoms with Crippen LogP contribution in [0.15, 0.2) is 60.7 Å². The molecule has 1 unspecified atom stereocenters. The Hall–Kier alpha value is -3.02. The largest absolute Gasteiger partial charge is 0.445 e. The first kappa shape index (κ1) is 23.6. The summed E-state index contributed by atoms with van der Waals surface area (Å²) in [6.07, 6.45) is 0.715. The van der Waals surface area contributed by atoms with Crippen molar-refractivity contribution in [3.8, 4) is 0 Å². The number of alkyl carbamates (subject to hydrolysis) is 1. The topological polar surface area (TPSA) is 67.9 Å². The van der Waals surface area contributed by atoms with E-state index in [4.69, 9.17) is 9.47 Å². The lowest BCUT2D eigenvalue weighted by Crippen LogP contribution is -2.42. The molecule has 172 valence electrons. The summed E-state index contributed by atoms with van der Waals surface area (Å²) in [4.78, 5) is 27.2. The highest BCUT2D eigenvalue weighted by Crippen LogP contribution is 2.32. The molecule has 2 aromatic rings. The van der Waals surface area contributed by atoms with E-state index in [2.05, 4.69) is 12.2 Å². The zero-order chi connectivity index (χ0) is 23.1. The van der Waals surface area contributed by atoms with Gasteiger partial charge in [0, 0.05) is 12.6 Å². The van der Waals surface area contributed by atoms with Gasteiger partial charge in [-0.1, -0.05) is 67.6 Å². The first-order valence-electron chi connectivity index (χ1n) is 11.2. The van der Waals surface area contributed by atoms with Crippen LogP contribution in [0.5, 0.6) is 0 Å². The number of ether oxygens (including phenoxy) is 2. The quantitative estimate of drug-likeness (QED) is 0.629. The van der Waals surface area contributed by atoms with Crippen LogP contribution in [0.4, 0.5) is 9.59 Å². The summed E-state index contributed by atoms with van der Waals surface area (Å²) >= 11 is 0. The van der Waals surface area contributed by atoms with Gasteiger partial charge >= 0.3 is 12.2 Å². The second-order valence-corrected chi connectivity index (χ2v) is 9.41. The SMILES string of the molecule is C[C@H]1CCN(C(=O)OCc2ccccc2)[C@@H]1CC(NC(=O)OC(C)(C)C)c1ccccc1. The van der Waals surface area contributed by atoms with Crippen molar-refractivity contribution in [1.82, 2.24) is 10.2 Å². The van der Waals surface area contributed by atoms with Gasteiger partial charge in [-0.3, -0.25) is 0 Å². The Morgan fingerprint density at radius 2 is 1.69 bits per heavy atom. The average molecular weight is 439 g/mol. The fourth-order valence-electron chi connectivity index (χ4n) is 4.05. The van der Waals surface area contributed by atoms with Crippen LogP contribution in [0.1, 0.15) is 57.7 Å². The van der Waals surface area contributed by atoms with Gasteiger partial charge in [0.25, 0.3) is 0 Å². The Balaban J connectivity index is 1.71. The minimum Gasteiger partial charge on any atom is -0.445 e. The van der Waals surface area contributed by atoms with Gasteiger partial charge in [-0.2, -0.15) is 0 Å². The number of benzene rings is 2. The summed E-state index contributed by atoms with van der Waals surface area (Å²) in [6.45, 7) is 8.56. The van der Waals surface area contributed by atoms with E-state index in [0.29, 0.717) is 18.9 Å². The number of hydrogen-bond acceptors (Lipinski definition) is 4. The van der Waals surface area contributed by atoms with Gasteiger partial charge in [-0.15, -0.1) is 0 Å². The molecule has 1 heterocycles. The number of carbonyl (C=O) groups is 2. The van der Waals surface area contributed by atoms with E-state index in [9.17, 15) is 9.59 Å². The molecule has 1 aliphatic rings. The Labute approximate surface area is 190 Å². The monoisotopic (exact) mass is 438 g/mol. The number of likely N-dealkylation sites (tertiary alicyclic amines) is 1. The van der Waals surface area contributed by atoms with Gasteiger partial charge in [0.1, 0.15) is 12.2 Å². The molecule has 3 atom stereocenters. The third-order valence-electron chi connectivity index (χ3n) is 5.69. The van der Waals surface area contributed by atoms with Crippen molar-refractivity contribution in [3.05, 3.63) is 71.8 Å². The normalized spacial score (nSPS) is 19.3. The van der Waals surface area contributed by atoms with Gasteiger partial charge in [-0.25, -0.2) is 9.59 Å². The van der Waals surface area contributed by atoms with Crippen LogP contribution in [-0.2, 0) is 16.1 Å². The Morgan fingerprint density at radius 1 is 1.06 bits per heavy atom. The molecule has 2 amide bonds. The summed E-state index contributed by atoms with van der Waals surface area (Å²) in [6, 6.07) is 19.2. The minimum atomic E-state index is -0.584. The molecule has 1 fully saturated rings. The number of carbonyl (C=O) groups excluding carboxylic acids is 2. The van der Waals surface area contributed by atoms with Crippen LogP contribution in [-0.4, -0.2) is 35.3 Å². The summed E-state index contributed by atoms with van der Waals surface area (Å²) < 4.78 is 11.1. The van der Waals surface area contributed by atoms with Gasteiger partial charge in [0.05, 0.1) is 6.04 Å². The maximum Gasteiger partial charge on any atom is 0.410 e. The van der Waals surface area contributed by atoms with Crippen LogP contribution in [0, 0.1) is 5.92 Å². The second kappa shape index (κ2) is 10.5. The summed E-state index contributed by atoms with van der Waals surface area (Å²) in [5.41, 5.74) is 1.35.